The molecular weight excluding hydrogens is 649 g/mol. The maximum absolute atomic E-state index is 2.33. The molecule has 0 saturated heterocycles. The first-order chi connectivity index (χ1) is 26.6. The first kappa shape index (κ1) is 33.3. The SMILES string of the molecule is Cc1ccc(-c2cccc3ccccc23)cc1.Cc1cccc2c1C1(c3ccccc3-c3ccccc31)c1ccccc1-2.Cc1cccc2ccccc12. The molecular formula is C54H42. The molecule has 0 bridgehead atoms. The summed E-state index contributed by atoms with van der Waals surface area (Å²) in [6, 6.07) is 72.1. The Morgan fingerprint density at radius 1 is 0.296 bits per heavy atom. The molecule has 0 saturated carbocycles. The van der Waals surface area contributed by atoms with Gasteiger partial charge >= 0.3 is 0 Å². The first-order valence-electron chi connectivity index (χ1n) is 18.9. The van der Waals surface area contributed by atoms with Crippen LogP contribution >= 0.6 is 0 Å². The van der Waals surface area contributed by atoms with E-state index < -0.39 is 0 Å². The summed E-state index contributed by atoms with van der Waals surface area (Å²) in [5.74, 6) is 0. The van der Waals surface area contributed by atoms with Crippen LogP contribution < -0.4 is 0 Å². The Morgan fingerprint density at radius 2 is 0.704 bits per heavy atom. The van der Waals surface area contributed by atoms with Crippen LogP contribution in [0.1, 0.15) is 38.9 Å². The number of benzene rings is 9. The molecule has 0 radical (unpaired) electrons. The summed E-state index contributed by atoms with van der Waals surface area (Å²) < 4.78 is 0. The molecule has 0 heterocycles. The Labute approximate surface area is 319 Å². The highest BCUT2D eigenvalue weighted by Crippen LogP contribution is 2.63. The van der Waals surface area contributed by atoms with Crippen LogP contribution in [-0.4, -0.2) is 0 Å². The van der Waals surface area contributed by atoms with Crippen molar-refractivity contribution in [2.24, 2.45) is 0 Å². The van der Waals surface area contributed by atoms with Crippen LogP contribution in [0.25, 0.3) is 54.9 Å². The summed E-state index contributed by atoms with van der Waals surface area (Å²) in [4.78, 5) is 0. The van der Waals surface area contributed by atoms with Crippen LogP contribution in [0.4, 0.5) is 0 Å². The van der Waals surface area contributed by atoms with Gasteiger partial charge in [-0.3, -0.25) is 0 Å². The van der Waals surface area contributed by atoms with Crippen molar-refractivity contribution in [2.75, 3.05) is 0 Å². The summed E-state index contributed by atoms with van der Waals surface area (Å²) in [5.41, 5.74) is 17.6. The van der Waals surface area contributed by atoms with Crippen molar-refractivity contribution in [2.45, 2.75) is 26.2 Å². The van der Waals surface area contributed by atoms with Gasteiger partial charge in [-0.2, -0.15) is 0 Å². The van der Waals surface area contributed by atoms with Gasteiger partial charge in [0.05, 0.1) is 5.41 Å². The number of rotatable bonds is 1. The molecule has 11 rings (SSSR count). The van der Waals surface area contributed by atoms with E-state index >= 15 is 0 Å². The van der Waals surface area contributed by atoms with E-state index in [2.05, 4.69) is 221 Å². The molecule has 0 aliphatic heterocycles. The topological polar surface area (TPSA) is 0 Å². The lowest BCUT2D eigenvalue weighted by Gasteiger charge is -2.31. The molecule has 0 N–H and O–H groups in total. The summed E-state index contributed by atoms with van der Waals surface area (Å²) in [6.07, 6.45) is 0. The quantitative estimate of drug-likeness (QED) is 0.161. The molecule has 0 amide bonds. The van der Waals surface area contributed by atoms with E-state index in [-0.39, 0.29) is 5.41 Å². The minimum Gasteiger partial charge on any atom is -0.0619 e. The monoisotopic (exact) mass is 690 g/mol. The van der Waals surface area contributed by atoms with Crippen molar-refractivity contribution >= 4 is 21.5 Å². The van der Waals surface area contributed by atoms with Crippen LogP contribution in [0, 0.1) is 20.8 Å². The second kappa shape index (κ2) is 13.8. The second-order valence-corrected chi connectivity index (χ2v) is 14.6. The van der Waals surface area contributed by atoms with Crippen molar-refractivity contribution in [1.29, 1.82) is 0 Å². The van der Waals surface area contributed by atoms with Crippen LogP contribution in [0.2, 0.25) is 0 Å². The van der Waals surface area contributed by atoms with E-state index in [1.54, 1.807) is 0 Å². The predicted octanol–water partition coefficient (Wildman–Crippen LogP) is 14.3. The standard InChI is InChI=1S/C26H18.C17H14.C11H10/c1-17-9-8-13-21-20-12-4-7-16-24(20)26(25(17)21)22-14-5-2-10-18(22)19-11-3-6-15-23(19)26;1-13-9-11-15(12-10-13)17-8-4-6-14-5-2-3-7-16(14)17;1-9-5-4-7-10-6-2-3-8-11(9)10/h2-16H,1H3;2-12H,1H3;2-8H,1H3. The van der Waals surface area contributed by atoms with E-state index in [1.165, 1.54) is 93.9 Å². The third-order valence-corrected chi connectivity index (χ3v) is 11.4. The lowest BCUT2D eigenvalue weighted by molar-refractivity contribution is 0.786. The van der Waals surface area contributed by atoms with Gasteiger partial charge in [0, 0.05) is 0 Å². The minimum atomic E-state index is -0.190. The lowest BCUT2D eigenvalue weighted by atomic mass is 9.69. The Bertz CT molecular complexity index is 2730. The van der Waals surface area contributed by atoms with Gasteiger partial charge in [-0.05, 0) is 109 Å². The third-order valence-electron chi connectivity index (χ3n) is 11.4. The molecule has 54 heavy (non-hydrogen) atoms. The van der Waals surface area contributed by atoms with E-state index in [0.29, 0.717) is 0 Å². The molecule has 0 unspecified atom stereocenters. The normalized spacial score (nSPS) is 12.5. The van der Waals surface area contributed by atoms with E-state index in [4.69, 9.17) is 0 Å². The zero-order chi connectivity index (χ0) is 36.6. The average molecular weight is 691 g/mol. The molecule has 0 fully saturated rings. The number of hydrogen-bond donors (Lipinski definition) is 0. The molecule has 9 aromatic rings. The zero-order valence-corrected chi connectivity index (χ0v) is 31.1. The molecule has 0 aromatic heterocycles. The van der Waals surface area contributed by atoms with Gasteiger partial charge in [0.25, 0.3) is 0 Å². The fourth-order valence-corrected chi connectivity index (χ4v) is 8.96. The number of aryl methyl sites for hydroxylation is 3. The highest BCUT2D eigenvalue weighted by Gasteiger charge is 2.51. The number of hydrogen-bond acceptors (Lipinski definition) is 0. The summed E-state index contributed by atoms with van der Waals surface area (Å²) >= 11 is 0. The van der Waals surface area contributed by atoms with Gasteiger partial charge in [0.1, 0.15) is 0 Å². The van der Waals surface area contributed by atoms with Crippen molar-refractivity contribution < 1.29 is 0 Å². The maximum atomic E-state index is 2.33. The van der Waals surface area contributed by atoms with Gasteiger partial charge in [-0.25, -0.2) is 0 Å². The Morgan fingerprint density at radius 3 is 1.31 bits per heavy atom. The molecule has 9 aromatic carbocycles. The van der Waals surface area contributed by atoms with Crippen LogP contribution in [0.5, 0.6) is 0 Å². The summed E-state index contributed by atoms with van der Waals surface area (Å²) in [5, 5.41) is 5.30. The van der Waals surface area contributed by atoms with Crippen molar-refractivity contribution in [3.8, 4) is 33.4 Å². The number of fused-ring (bicyclic) bond motifs is 12. The van der Waals surface area contributed by atoms with Crippen molar-refractivity contribution in [3.05, 3.63) is 239 Å². The first-order valence-corrected chi connectivity index (χ1v) is 18.9. The molecule has 1 spiro atoms. The predicted molar refractivity (Wildman–Crippen MR) is 230 cm³/mol. The molecule has 0 atom stereocenters. The van der Waals surface area contributed by atoms with Crippen molar-refractivity contribution in [3.63, 3.8) is 0 Å². The average Bonchev–Trinajstić information content (AvgIpc) is 3.70. The van der Waals surface area contributed by atoms with Gasteiger partial charge < -0.3 is 0 Å². The molecule has 2 aliphatic rings. The molecule has 0 nitrogen and oxygen atoms in total. The molecule has 0 heteroatoms. The minimum absolute atomic E-state index is 0.190. The zero-order valence-electron chi connectivity index (χ0n) is 31.1. The fourth-order valence-electron chi connectivity index (χ4n) is 8.96. The van der Waals surface area contributed by atoms with Crippen molar-refractivity contribution in [1.82, 2.24) is 0 Å². The van der Waals surface area contributed by atoms with E-state index in [9.17, 15) is 0 Å². The van der Waals surface area contributed by atoms with E-state index in [1.807, 2.05) is 0 Å². The highest BCUT2D eigenvalue weighted by molar-refractivity contribution is 5.97. The Hall–Kier alpha value is -6.50. The van der Waals surface area contributed by atoms with Crippen LogP contribution in [0.3, 0.4) is 0 Å². The highest BCUT2D eigenvalue weighted by atomic mass is 14.5. The smallest absolute Gasteiger partial charge is 0.0619 e. The summed E-state index contributed by atoms with van der Waals surface area (Å²) in [6.45, 7) is 6.52. The fraction of sp³-hybridized carbons (Fsp3) is 0.0741. The van der Waals surface area contributed by atoms with Gasteiger partial charge in [0.2, 0.25) is 0 Å². The molecule has 258 valence electrons. The van der Waals surface area contributed by atoms with Gasteiger partial charge in [0.15, 0.2) is 0 Å². The van der Waals surface area contributed by atoms with Gasteiger partial charge in [-0.1, -0.05) is 206 Å². The Balaban J connectivity index is 0.000000118. The maximum Gasteiger partial charge on any atom is 0.0728 e. The second-order valence-electron chi connectivity index (χ2n) is 14.6. The van der Waals surface area contributed by atoms with E-state index in [0.717, 1.165) is 0 Å². The largest absolute Gasteiger partial charge is 0.0728 e. The molecule has 2 aliphatic carbocycles. The lowest BCUT2D eigenvalue weighted by Crippen LogP contribution is -2.26. The van der Waals surface area contributed by atoms with Crippen LogP contribution in [0.15, 0.2) is 200 Å². The van der Waals surface area contributed by atoms with Crippen LogP contribution in [-0.2, 0) is 5.41 Å². The van der Waals surface area contributed by atoms with Gasteiger partial charge in [-0.15, -0.1) is 0 Å². The summed E-state index contributed by atoms with van der Waals surface area (Å²) in [7, 11) is 0. The third kappa shape index (κ3) is 5.46. The Kier molecular flexibility index (Phi) is 8.53.